The molecule has 1 aromatic rings. The van der Waals surface area contributed by atoms with Gasteiger partial charge in [0.2, 0.25) is 17.4 Å². The SMILES string of the molecule is CN(CC(=O)N(C)C1CCCCC1)C(=O)c1nonc1N. The Morgan fingerprint density at radius 1 is 1.24 bits per heavy atom. The van der Waals surface area contributed by atoms with Crippen molar-refractivity contribution in [2.75, 3.05) is 26.4 Å². The van der Waals surface area contributed by atoms with Crippen LogP contribution in [0.3, 0.4) is 0 Å². The summed E-state index contributed by atoms with van der Waals surface area (Å²) < 4.78 is 4.40. The summed E-state index contributed by atoms with van der Waals surface area (Å²) in [6.45, 7) is -0.0157. The van der Waals surface area contributed by atoms with Crippen molar-refractivity contribution in [2.45, 2.75) is 38.1 Å². The molecule has 0 atom stereocenters. The molecular weight excluding hydrogens is 274 g/mol. The molecule has 0 unspecified atom stereocenters. The second-order valence-electron chi connectivity index (χ2n) is 5.46. The number of likely N-dealkylation sites (N-methyl/N-ethyl adjacent to an activating group) is 2. The topological polar surface area (TPSA) is 106 Å². The Morgan fingerprint density at radius 3 is 2.48 bits per heavy atom. The molecule has 0 aromatic carbocycles. The van der Waals surface area contributed by atoms with E-state index in [-0.39, 0.29) is 30.0 Å². The molecule has 0 aliphatic heterocycles. The minimum Gasteiger partial charge on any atom is -0.379 e. The lowest BCUT2D eigenvalue weighted by molar-refractivity contribution is -0.133. The lowest BCUT2D eigenvalue weighted by atomic mass is 9.94. The molecule has 2 amide bonds. The molecule has 0 spiro atoms. The van der Waals surface area contributed by atoms with E-state index >= 15 is 0 Å². The predicted octanol–water partition coefficient (Wildman–Crippen LogP) is 0.515. The van der Waals surface area contributed by atoms with Gasteiger partial charge in [-0.2, -0.15) is 0 Å². The lowest BCUT2D eigenvalue weighted by Crippen LogP contribution is -2.44. The number of nitrogens with two attached hydrogens (primary N) is 1. The van der Waals surface area contributed by atoms with Gasteiger partial charge in [-0.25, -0.2) is 4.63 Å². The summed E-state index contributed by atoms with van der Waals surface area (Å²) in [5.74, 6) is -0.633. The molecule has 1 fully saturated rings. The van der Waals surface area contributed by atoms with Crippen molar-refractivity contribution in [3.8, 4) is 0 Å². The van der Waals surface area contributed by atoms with E-state index in [4.69, 9.17) is 5.73 Å². The van der Waals surface area contributed by atoms with Crippen molar-refractivity contribution < 1.29 is 14.2 Å². The van der Waals surface area contributed by atoms with Crippen LogP contribution >= 0.6 is 0 Å². The van der Waals surface area contributed by atoms with Gasteiger partial charge in [0.15, 0.2) is 0 Å². The Kier molecular flexibility index (Phi) is 4.77. The quantitative estimate of drug-likeness (QED) is 0.867. The first kappa shape index (κ1) is 15.3. The maximum Gasteiger partial charge on any atom is 0.280 e. The molecule has 0 radical (unpaired) electrons. The largest absolute Gasteiger partial charge is 0.379 e. The molecule has 2 N–H and O–H groups in total. The second kappa shape index (κ2) is 6.55. The summed E-state index contributed by atoms with van der Waals surface area (Å²) >= 11 is 0. The molecule has 1 aliphatic carbocycles. The van der Waals surface area contributed by atoms with Crippen LogP contribution in [0.2, 0.25) is 0 Å². The zero-order valence-electron chi connectivity index (χ0n) is 12.4. The van der Waals surface area contributed by atoms with Crippen LogP contribution in [0.4, 0.5) is 5.82 Å². The number of rotatable bonds is 4. The molecule has 8 heteroatoms. The van der Waals surface area contributed by atoms with Gasteiger partial charge in [0.05, 0.1) is 6.54 Å². The van der Waals surface area contributed by atoms with Crippen LogP contribution < -0.4 is 5.73 Å². The maximum atomic E-state index is 12.3. The first-order valence-corrected chi connectivity index (χ1v) is 7.10. The first-order chi connectivity index (χ1) is 10.0. The molecule has 8 nitrogen and oxygen atoms in total. The first-order valence-electron chi connectivity index (χ1n) is 7.10. The van der Waals surface area contributed by atoms with Crippen molar-refractivity contribution in [1.82, 2.24) is 20.1 Å². The van der Waals surface area contributed by atoms with Gasteiger partial charge >= 0.3 is 0 Å². The van der Waals surface area contributed by atoms with Crippen LogP contribution in [0, 0.1) is 0 Å². The number of hydrogen-bond donors (Lipinski definition) is 1. The highest BCUT2D eigenvalue weighted by Crippen LogP contribution is 2.21. The summed E-state index contributed by atoms with van der Waals surface area (Å²) in [4.78, 5) is 27.3. The third kappa shape index (κ3) is 3.50. The lowest BCUT2D eigenvalue weighted by Gasteiger charge is -2.32. The van der Waals surface area contributed by atoms with Crippen molar-refractivity contribution in [2.24, 2.45) is 0 Å². The minimum absolute atomic E-state index is 0.0157. The van der Waals surface area contributed by atoms with E-state index in [1.807, 2.05) is 0 Å². The Hall–Kier alpha value is -2.12. The summed E-state index contributed by atoms with van der Waals surface area (Å²) in [6.07, 6.45) is 5.59. The number of carbonyl (C=O) groups is 2. The number of anilines is 1. The van der Waals surface area contributed by atoms with Crippen molar-refractivity contribution in [3.05, 3.63) is 5.69 Å². The smallest absolute Gasteiger partial charge is 0.280 e. The van der Waals surface area contributed by atoms with Gasteiger partial charge in [-0.15, -0.1) is 0 Å². The number of hydrogen-bond acceptors (Lipinski definition) is 6. The van der Waals surface area contributed by atoms with Crippen LogP contribution in [0.1, 0.15) is 42.6 Å². The third-order valence-electron chi connectivity index (χ3n) is 3.95. The highest BCUT2D eigenvalue weighted by atomic mass is 16.6. The molecular formula is C13H21N5O3. The summed E-state index contributed by atoms with van der Waals surface area (Å²) in [7, 11) is 3.33. The molecule has 1 aliphatic rings. The zero-order valence-corrected chi connectivity index (χ0v) is 12.4. The van der Waals surface area contributed by atoms with Crippen LogP contribution in [0.5, 0.6) is 0 Å². The maximum absolute atomic E-state index is 12.3. The number of amides is 2. The average Bonchev–Trinajstić information content (AvgIpc) is 2.92. The van der Waals surface area contributed by atoms with E-state index in [9.17, 15) is 9.59 Å². The van der Waals surface area contributed by atoms with E-state index in [1.54, 1.807) is 11.9 Å². The van der Waals surface area contributed by atoms with Crippen molar-refractivity contribution >= 4 is 17.6 Å². The average molecular weight is 295 g/mol. The highest BCUT2D eigenvalue weighted by Gasteiger charge is 2.26. The second-order valence-corrected chi connectivity index (χ2v) is 5.46. The molecule has 21 heavy (non-hydrogen) atoms. The number of nitrogen functional groups attached to an aromatic ring is 1. The van der Waals surface area contributed by atoms with E-state index in [1.165, 1.54) is 18.4 Å². The van der Waals surface area contributed by atoms with Gasteiger partial charge in [0.25, 0.3) is 5.91 Å². The highest BCUT2D eigenvalue weighted by molar-refractivity contribution is 5.97. The number of aromatic nitrogens is 2. The van der Waals surface area contributed by atoms with Gasteiger partial charge in [-0.05, 0) is 23.2 Å². The van der Waals surface area contributed by atoms with Crippen LogP contribution in [-0.4, -0.2) is 58.6 Å². The fraction of sp³-hybridized carbons (Fsp3) is 0.692. The zero-order chi connectivity index (χ0) is 15.4. The normalized spacial score (nSPS) is 15.7. The van der Waals surface area contributed by atoms with E-state index in [2.05, 4.69) is 14.9 Å². The Balaban J connectivity index is 1.92. The molecule has 1 saturated carbocycles. The molecule has 1 heterocycles. The van der Waals surface area contributed by atoms with E-state index in [0.717, 1.165) is 25.7 Å². The minimum atomic E-state index is -0.473. The third-order valence-corrected chi connectivity index (χ3v) is 3.95. The molecule has 116 valence electrons. The fourth-order valence-corrected chi connectivity index (χ4v) is 2.58. The standard InChI is InChI=1S/C13H21N5O3/c1-17(13(20)11-12(14)16-21-15-11)8-10(19)18(2)9-6-4-3-5-7-9/h9H,3-8H2,1-2H3,(H2,14,16). The van der Waals surface area contributed by atoms with Crippen molar-refractivity contribution in [1.29, 1.82) is 0 Å². The number of nitrogens with zero attached hydrogens (tertiary/aromatic N) is 4. The van der Waals surface area contributed by atoms with Gasteiger partial charge in [0.1, 0.15) is 0 Å². The van der Waals surface area contributed by atoms with Gasteiger partial charge < -0.3 is 15.5 Å². The Morgan fingerprint density at radius 2 is 1.90 bits per heavy atom. The Bertz CT molecular complexity index is 510. The molecule has 1 aromatic heterocycles. The summed E-state index contributed by atoms with van der Waals surface area (Å²) in [5.41, 5.74) is 5.41. The number of carbonyl (C=O) groups excluding carboxylic acids is 2. The van der Waals surface area contributed by atoms with Gasteiger partial charge in [0, 0.05) is 20.1 Å². The predicted molar refractivity (Wildman–Crippen MR) is 75.3 cm³/mol. The van der Waals surface area contributed by atoms with Gasteiger partial charge in [-0.3, -0.25) is 9.59 Å². The van der Waals surface area contributed by atoms with Crippen LogP contribution in [-0.2, 0) is 4.79 Å². The Labute approximate surface area is 123 Å². The van der Waals surface area contributed by atoms with Crippen molar-refractivity contribution in [3.63, 3.8) is 0 Å². The summed E-state index contributed by atoms with van der Waals surface area (Å²) in [6, 6.07) is 0.272. The fourth-order valence-electron chi connectivity index (χ4n) is 2.58. The van der Waals surface area contributed by atoms with Gasteiger partial charge in [-0.1, -0.05) is 19.3 Å². The van der Waals surface area contributed by atoms with E-state index < -0.39 is 5.91 Å². The molecule has 2 rings (SSSR count). The monoisotopic (exact) mass is 295 g/mol. The molecule has 0 bridgehead atoms. The van der Waals surface area contributed by atoms with Crippen LogP contribution in [0.15, 0.2) is 4.63 Å². The molecule has 0 saturated heterocycles. The van der Waals surface area contributed by atoms with Crippen LogP contribution in [0.25, 0.3) is 0 Å². The summed E-state index contributed by atoms with van der Waals surface area (Å²) in [5, 5.41) is 6.81. The van der Waals surface area contributed by atoms with E-state index in [0.29, 0.717) is 0 Å².